The maximum Gasteiger partial charge on any atom is 0.291 e. The summed E-state index contributed by atoms with van der Waals surface area (Å²) in [6.45, 7) is 5.72. The lowest BCUT2D eigenvalue weighted by atomic mass is 9.87. The van der Waals surface area contributed by atoms with E-state index >= 15 is 0 Å². The third kappa shape index (κ3) is 3.06. The molecule has 6 heteroatoms. The van der Waals surface area contributed by atoms with Crippen molar-refractivity contribution < 1.29 is 18.7 Å². The van der Waals surface area contributed by atoms with E-state index in [9.17, 15) is 9.59 Å². The molecule has 0 unspecified atom stereocenters. The van der Waals surface area contributed by atoms with Crippen molar-refractivity contribution in [1.29, 1.82) is 0 Å². The SMILES string of the molecule is CC[C@]1(C)CC(=O)c2c(ccc3oc(C(=O)Nc4ccc(Cl)cc4)c(C)c23)O1. The maximum atomic E-state index is 12.9. The van der Waals surface area contributed by atoms with Crippen LogP contribution >= 0.6 is 11.6 Å². The molecule has 5 nitrogen and oxygen atoms in total. The van der Waals surface area contributed by atoms with Crippen molar-refractivity contribution in [2.24, 2.45) is 0 Å². The molecule has 0 bridgehead atoms. The summed E-state index contributed by atoms with van der Waals surface area (Å²) >= 11 is 5.88. The van der Waals surface area contributed by atoms with Crippen LogP contribution in [-0.4, -0.2) is 17.3 Å². The summed E-state index contributed by atoms with van der Waals surface area (Å²) in [7, 11) is 0. The van der Waals surface area contributed by atoms with E-state index in [-0.39, 0.29) is 17.5 Å². The standard InChI is InChI=1S/C22H20ClNO4/c1-4-22(3)11-15(25)19-17(28-22)10-9-16-18(19)12(2)20(27-16)21(26)24-14-7-5-13(23)6-8-14/h5-10H,4,11H2,1-3H3,(H,24,26)/t22-/m1/s1. The summed E-state index contributed by atoms with van der Waals surface area (Å²) in [5, 5.41) is 4.02. The second-order valence-corrected chi connectivity index (χ2v) is 7.77. The molecule has 1 aliphatic heterocycles. The van der Waals surface area contributed by atoms with Crippen LogP contribution in [0, 0.1) is 6.92 Å². The summed E-state index contributed by atoms with van der Waals surface area (Å²) in [4.78, 5) is 25.6. The monoisotopic (exact) mass is 397 g/mol. The lowest BCUT2D eigenvalue weighted by Gasteiger charge is -2.34. The maximum absolute atomic E-state index is 12.9. The number of halogens is 1. The van der Waals surface area contributed by atoms with Gasteiger partial charge in [0, 0.05) is 21.7 Å². The summed E-state index contributed by atoms with van der Waals surface area (Å²) in [6, 6.07) is 10.3. The van der Waals surface area contributed by atoms with Crippen LogP contribution in [0.4, 0.5) is 5.69 Å². The third-order valence-corrected chi connectivity index (χ3v) is 5.53. The van der Waals surface area contributed by atoms with Gasteiger partial charge in [0.1, 0.15) is 16.9 Å². The number of nitrogens with one attached hydrogen (secondary N) is 1. The molecule has 0 radical (unpaired) electrons. The number of benzene rings is 2. The number of hydrogen-bond donors (Lipinski definition) is 1. The van der Waals surface area contributed by atoms with E-state index < -0.39 is 5.60 Å². The Morgan fingerprint density at radius 2 is 1.93 bits per heavy atom. The van der Waals surface area contributed by atoms with Gasteiger partial charge in [-0.2, -0.15) is 0 Å². The third-order valence-electron chi connectivity index (χ3n) is 5.28. The van der Waals surface area contributed by atoms with Crippen LogP contribution in [-0.2, 0) is 0 Å². The molecule has 1 amide bonds. The highest BCUT2D eigenvalue weighted by molar-refractivity contribution is 6.30. The second kappa shape index (κ2) is 6.67. The molecule has 0 fully saturated rings. The number of carbonyl (C=O) groups is 2. The van der Waals surface area contributed by atoms with Gasteiger partial charge in [-0.15, -0.1) is 0 Å². The lowest BCUT2D eigenvalue weighted by molar-refractivity contribution is 0.0503. The predicted molar refractivity (Wildman–Crippen MR) is 109 cm³/mol. The van der Waals surface area contributed by atoms with Gasteiger partial charge in [0.25, 0.3) is 5.91 Å². The molecule has 3 aromatic rings. The Balaban J connectivity index is 1.75. The quantitative estimate of drug-likeness (QED) is 0.608. The first kappa shape index (κ1) is 18.6. The summed E-state index contributed by atoms with van der Waals surface area (Å²) in [5.74, 6) is 0.341. The Hall–Kier alpha value is -2.79. The van der Waals surface area contributed by atoms with Gasteiger partial charge in [-0.25, -0.2) is 0 Å². The largest absolute Gasteiger partial charge is 0.486 e. The Kier molecular flexibility index (Phi) is 4.42. The molecule has 1 aliphatic rings. The van der Waals surface area contributed by atoms with E-state index in [0.717, 1.165) is 6.42 Å². The molecule has 1 N–H and O–H groups in total. The van der Waals surface area contributed by atoms with Crippen molar-refractivity contribution in [3.8, 4) is 5.75 Å². The number of amides is 1. The van der Waals surface area contributed by atoms with Gasteiger partial charge in [0.05, 0.1) is 12.0 Å². The molecule has 28 heavy (non-hydrogen) atoms. The first-order valence-electron chi connectivity index (χ1n) is 9.16. The number of furan rings is 1. The summed E-state index contributed by atoms with van der Waals surface area (Å²) in [5.41, 5.74) is 1.71. The molecule has 0 saturated carbocycles. The van der Waals surface area contributed by atoms with E-state index in [2.05, 4.69) is 5.32 Å². The zero-order valence-electron chi connectivity index (χ0n) is 15.9. The van der Waals surface area contributed by atoms with Crippen LogP contribution in [0.2, 0.25) is 5.02 Å². The van der Waals surface area contributed by atoms with Gasteiger partial charge >= 0.3 is 0 Å². The molecule has 144 valence electrons. The van der Waals surface area contributed by atoms with Crippen molar-refractivity contribution in [2.45, 2.75) is 39.2 Å². The van der Waals surface area contributed by atoms with E-state index in [0.29, 0.717) is 45.0 Å². The molecule has 1 aromatic heterocycles. The highest BCUT2D eigenvalue weighted by atomic mass is 35.5. The fourth-order valence-corrected chi connectivity index (χ4v) is 3.67. The van der Waals surface area contributed by atoms with Crippen molar-refractivity contribution >= 4 is 39.9 Å². The number of ketones is 1. The molecule has 4 rings (SSSR count). The second-order valence-electron chi connectivity index (χ2n) is 7.33. The first-order valence-corrected chi connectivity index (χ1v) is 9.54. The number of fused-ring (bicyclic) bond motifs is 3. The first-order chi connectivity index (χ1) is 13.3. The number of rotatable bonds is 3. The minimum absolute atomic E-state index is 0.00441. The number of ether oxygens (including phenoxy) is 1. The van der Waals surface area contributed by atoms with Crippen molar-refractivity contribution in [3.63, 3.8) is 0 Å². The molecule has 1 atom stereocenters. The zero-order valence-corrected chi connectivity index (χ0v) is 16.6. The van der Waals surface area contributed by atoms with E-state index in [1.807, 2.05) is 13.8 Å². The van der Waals surface area contributed by atoms with Crippen LogP contribution < -0.4 is 10.1 Å². The lowest BCUT2D eigenvalue weighted by Crippen LogP contribution is -2.38. The Morgan fingerprint density at radius 3 is 2.61 bits per heavy atom. The molecule has 0 saturated heterocycles. The minimum atomic E-state index is -0.510. The van der Waals surface area contributed by atoms with E-state index in [4.69, 9.17) is 20.8 Å². The van der Waals surface area contributed by atoms with Crippen LogP contribution in [0.25, 0.3) is 11.0 Å². The average Bonchev–Trinajstić information content (AvgIpc) is 3.00. The number of Topliss-reactive ketones (excluding diaryl/α,β-unsaturated/α-hetero) is 1. The van der Waals surface area contributed by atoms with Crippen LogP contribution in [0.1, 0.15) is 53.2 Å². The smallest absolute Gasteiger partial charge is 0.291 e. The number of hydrogen-bond acceptors (Lipinski definition) is 4. The van der Waals surface area contributed by atoms with Gasteiger partial charge in [0.2, 0.25) is 0 Å². The highest BCUT2D eigenvalue weighted by Crippen LogP contribution is 2.41. The highest BCUT2D eigenvalue weighted by Gasteiger charge is 2.37. The normalized spacial score (nSPS) is 18.6. The van der Waals surface area contributed by atoms with Crippen LogP contribution in [0.3, 0.4) is 0 Å². The average molecular weight is 398 g/mol. The van der Waals surface area contributed by atoms with Crippen LogP contribution in [0.5, 0.6) is 5.75 Å². The van der Waals surface area contributed by atoms with Gasteiger partial charge in [0.15, 0.2) is 11.5 Å². The topological polar surface area (TPSA) is 68.5 Å². The number of carbonyl (C=O) groups excluding carboxylic acids is 2. The number of anilines is 1. The fraction of sp³-hybridized carbons (Fsp3) is 0.273. The van der Waals surface area contributed by atoms with Gasteiger partial charge < -0.3 is 14.5 Å². The molecule has 2 aromatic carbocycles. The van der Waals surface area contributed by atoms with Gasteiger partial charge in [-0.1, -0.05) is 18.5 Å². The predicted octanol–water partition coefficient (Wildman–Crippen LogP) is 5.78. The molecule has 0 spiro atoms. The molecular weight excluding hydrogens is 378 g/mol. The Morgan fingerprint density at radius 1 is 1.21 bits per heavy atom. The molecular formula is C22H20ClNO4. The zero-order chi connectivity index (χ0) is 20.1. The van der Waals surface area contributed by atoms with Gasteiger partial charge in [-0.05, 0) is 56.7 Å². The summed E-state index contributed by atoms with van der Waals surface area (Å²) < 4.78 is 11.9. The van der Waals surface area contributed by atoms with E-state index in [1.165, 1.54) is 0 Å². The van der Waals surface area contributed by atoms with Crippen LogP contribution in [0.15, 0.2) is 40.8 Å². The molecule has 2 heterocycles. The van der Waals surface area contributed by atoms with Crippen molar-refractivity contribution in [1.82, 2.24) is 0 Å². The van der Waals surface area contributed by atoms with Crippen molar-refractivity contribution in [2.75, 3.05) is 5.32 Å². The number of aryl methyl sites for hydroxylation is 1. The molecule has 0 aliphatic carbocycles. The Labute approximate surface area is 167 Å². The fourth-order valence-electron chi connectivity index (χ4n) is 3.55. The Bertz CT molecular complexity index is 1100. The van der Waals surface area contributed by atoms with Gasteiger partial charge in [-0.3, -0.25) is 9.59 Å². The summed E-state index contributed by atoms with van der Waals surface area (Å²) in [6.07, 6.45) is 1.03. The van der Waals surface area contributed by atoms with E-state index in [1.54, 1.807) is 43.3 Å². The van der Waals surface area contributed by atoms with Crippen molar-refractivity contribution in [3.05, 3.63) is 58.3 Å². The minimum Gasteiger partial charge on any atom is -0.486 e.